The summed E-state index contributed by atoms with van der Waals surface area (Å²) in [6, 6.07) is 10.5. The molecule has 0 atom stereocenters. The fourth-order valence-electron chi connectivity index (χ4n) is 0.534. The second-order valence-corrected chi connectivity index (χ2v) is 3.81. The van der Waals surface area contributed by atoms with Gasteiger partial charge in [-0.2, -0.15) is 0 Å². The second kappa shape index (κ2) is 7.86. The summed E-state index contributed by atoms with van der Waals surface area (Å²) in [5.41, 5.74) is 0. The molecule has 11 heavy (non-hydrogen) atoms. The van der Waals surface area contributed by atoms with E-state index in [4.69, 9.17) is 0 Å². The third-order valence-electron chi connectivity index (χ3n) is 1.44. The van der Waals surface area contributed by atoms with Crippen LogP contribution in [0.4, 0.5) is 0 Å². The van der Waals surface area contributed by atoms with Crippen LogP contribution < -0.4 is 4.43 Å². The van der Waals surface area contributed by atoms with Crippen molar-refractivity contribution >= 4 is 20.7 Å². The Labute approximate surface area is 78.1 Å². The molecule has 1 heteroatoms. The Bertz CT molecular complexity index is 156. The van der Waals surface area contributed by atoms with Gasteiger partial charge in [0.05, 0.1) is 0 Å². The minimum atomic E-state index is 1.17. The molecular formula is C10H17Al. The Morgan fingerprint density at radius 3 is 1.64 bits per heavy atom. The van der Waals surface area contributed by atoms with Crippen molar-refractivity contribution in [3.8, 4) is 0 Å². The summed E-state index contributed by atoms with van der Waals surface area (Å²) in [5, 5.41) is 0. The van der Waals surface area contributed by atoms with Crippen LogP contribution in [0.1, 0.15) is 26.7 Å². The van der Waals surface area contributed by atoms with Crippen molar-refractivity contribution in [1.82, 2.24) is 0 Å². The number of benzene rings is 1. The molecule has 1 aromatic rings. The van der Waals surface area contributed by atoms with Crippen molar-refractivity contribution in [2.45, 2.75) is 26.7 Å². The molecule has 1 aromatic carbocycles. The molecule has 0 heterocycles. The molecule has 0 unspecified atom stereocenters. The van der Waals surface area contributed by atoms with Gasteiger partial charge >= 0.3 is 0 Å². The van der Waals surface area contributed by atoms with E-state index in [9.17, 15) is 0 Å². The van der Waals surface area contributed by atoms with E-state index < -0.39 is 0 Å². The average molecular weight is 164 g/mol. The van der Waals surface area contributed by atoms with Gasteiger partial charge in [-0.05, 0) is 0 Å². The van der Waals surface area contributed by atoms with E-state index in [1.807, 2.05) is 6.07 Å². The molecule has 0 amide bonds. The first-order valence-electron chi connectivity index (χ1n) is 4.32. The molecule has 0 fully saturated rings. The predicted octanol–water partition coefficient (Wildman–Crippen LogP) is 1.75. The van der Waals surface area contributed by atoms with Gasteiger partial charge in [-0.25, -0.2) is 0 Å². The van der Waals surface area contributed by atoms with Crippen molar-refractivity contribution in [2.75, 3.05) is 0 Å². The number of hydrogen-bond donors (Lipinski definition) is 0. The number of hydrogen-bond acceptors (Lipinski definition) is 0. The topological polar surface area (TPSA) is 0 Å². The molecule has 0 aliphatic carbocycles. The van der Waals surface area contributed by atoms with E-state index in [2.05, 4.69) is 38.1 Å². The van der Waals surface area contributed by atoms with Crippen molar-refractivity contribution in [2.24, 2.45) is 0 Å². The fraction of sp³-hybridized carbons (Fsp3) is 0.400. The first-order valence-corrected chi connectivity index (χ1v) is 5.32. The van der Waals surface area contributed by atoms with Gasteiger partial charge in [-0.1, -0.05) is 57.0 Å². The molecule has 0 saturated heterocycles. The van der Waals surface area contributed by atoms with Crippen LogP contribution >= 0.6 is 0 Å². The zero-order valence-electron chi connectivity index (χ0n) is 7.80. The first-order chi connectivity index (χ1) is 5.31. The minimum absolute atomic E-state index is 1.17. The minimum Gasteiger partial charge on any atom is -0.121 e. The van der Waals surface area contributed by atoms with E-state index in [-0.39, 0.29) is 0 Å². The average Bonchev–Trinajstić information content (AvgIpc) is 2.07. The molecule has 0 nitrogen and oxygen atoms in total. The quantitative estimate of drug-likeness (QED) is 0.555. The van der Waals surface area contributed by atoms with E-state index >= 15 is 0 Å². The molecule has 0 aliphatic rings. The summed E-state index contributed by atoms with van der Waals surface area (Å²) in [6.07, 6.45) is 2.64. The highest BCUT2D eigenvalue weighted by Crippen LogP contribution is 1.77. The Kier molecular flexibility index (Phi) is 7.68. The Morgan fingerprint density at radius 1 is 1.00 bits per heavy atom. The lowest BCUT2D eigenvalue weighted by atomic mass is 10.4. The Balaban J connectivity index is 0.000000218. The summed E-state index contributed by atoms with van der Waals surface area (Å²) in [5.74, 6) is 0. The maximum Gasteiger partial charge on any atom is 0.258 e. The van der Waals surface area contributed by atoms with Crippen LogP contribution in [0, 0.1) is 0 Å². The summed E-state index contributed by atoms with van der Waals surface area (Å²) < 4.78 is 1.46. The van der Waals surface area contributed by atoms with Gasteiger partial charge < -0.3 is 0 Å². The molecular weight excluding hydrogens is 147 g/mol. The number of rotatable bonds is 1. The highest BCUT2D eigenvalue weighted by Gasteiger charge is 1.72. The van der Waals surface area contributed by atoms with Crippen molar-refractivity contribution in [1.29, 1.82) is 0 Å². The zero-order chi connectivity index (χ0) is 8.53. The molecule has 0 radical (unpaired) electrons. The van der Waals surface area contributed by atoms with Crippen LogP contribution in [0.25, 0.3) is 0 Å². The Hall–Kier alpha value is -0.248. The largest absolute Gasteiger partial charge is 0.258 e. The maximum atomic E-state index is 2.18. The summed E-state index contributed by atoms with van der Waals surface area (Å²) in [4.78, 5) is 0. The van der Waals surface area contributed by atoms with Gasteiger partial charge in [0.2, 0.25) is 0 Å². The van der Waals surface area contributed by atoms with Gasteiger partial charge in [0.1, 0.15) is 0 Å². The highest BCUT2D eigenvalue weighted by molar-refractivity contribution is 6.32. The molecule has 60 valence electrons. The molecule has 0 aliphatic heterocycles. The van der Waals surface area contributed by atoms with Gasteiger partial charge in [0.15, 0.2) is 0 Å². The maximum absolute atomic E-state index is 2.18. The lowest BCUT2D eigenvalue weighted by molar-refractivity contribution is 0.886. The second-order valence-electron chi connectivity index (χ2n) is 2.65. The van der Waals surface area contributed by atoms with Crippen LogP contribution in [0.15, 0.2) is 30.3 Å². The van der Waals surface area contributed by atoms with E-state index in [1.165, 1.54) is 33.6 Å². The van der Waals surface area contributed by atoms with Crippen LogP contribution in [0.2, 0.25) is 0 Å². The molecule has 0 spiro atoms. The summed E-state index contributed by atoms with van der Waals surface area (Å²) in [6.45, 7) is 4.36. The smallest absolute Gasteiger partial charge is 0.121 e. The lowest BCUT2D eigenvalue weighted by Crippen LogP contribution is -1.97. The predicted molar refractivity (Wildman–Crippen MR) is 55.2 cm³/mol. The third kappa shape index (κ3) is 7.65. The molecule has 0 N–H and O–H groups in total. The van der Waals surface area contributed by atoms with Gasteiger partial charge in [0, 0.05) is 0 Å². The van der Waals surface area contributed by atoms with Gasteiger partial charge in [0.25, 0.3) is 16.3 Å². The van der Waals surface area contributed by atoms with Crippen LogP contribution in [-0.4, -0.2) is 16.3 Å². The van der Waals surface area contributed by atoms with Crippen molar-refractivity contribution < 1.29 is 0 Å². The van der Waals surface area contributed by atoms with Crippen molar-refractivity contribution in [3.63, 3.8) is 0 Å². The SMILES string of the molecule is CCCC.[AlH2][c]1ccccc1. The van der Waals surface area contributed by atoms with E-state index in [0.29, 0.717) is 0 Å². The standard InChI is InChI=1S/C6H5.C4H10.Al.2H/c1-2-4-6-5-3-1;1-3-4-2;;;/h1-5H;3-4H2,1-2H3;;;. The van der Waals surface area contributed by atoms with E-state index in [1.54, 1.807) is 0 Å². The fourth-order valence-corrected chi connectivity index (χ4v) is 0.919. The summed E-state index contributed by atoms with van der Waals surface area (Å²) in [7, 11) is 0. The normalized spacial score (nSPS) is 8.18. The molecule has 1 rings (SSSR count). The molecule has 0 saturated carbocycles. The first kappa shape index (κ1) is 10.8. The zero-order valence-corrected chi connectivity index (χ0v) is 9.80. The highest BCUT2D eigenvalue weighted by atomic mass is 27.0. The van der Waals surface area contributed by atoms with E-state index in [0.717, 1.165) is 0 Å². The van der Waals surface area contributed by atoms with Crippen LogP contribution in [0.3, 0.4) is 0 Å². The Morgan fingerprint density at radius 2 is 1.45 bits per heavy atom. The van der Waals surface area contributed by atoms with Gasteiger partial charge in [-0.3, -0.25) is 0 Å². The van der Waals surface area contributed by atoms with Crippen LogP contribution in [0.5, 0.6) is 0 Å². The van der Waals surface area contributed by atoms with Gasteiger partial charge in [-0.15, -0.1) is 4.43 Å². The molecule has 0 bridgehead atoms. The third-order valence-corrected chi connectivity index (χ3v) is 2.11. The van der Waals surface area contributed by atoms with Crippen LogP contribution in [-0.2, 0) is 0 Å². The summed E-state index contributed by atoms with van der Waals surface area (Å²) >= 11 is 1.17. The monoisotopic (exact) mass is 164 g/mol. The van der Waals surface area contributed by atoms with Crippen molar-refractivity contribution in [3.05, 3.63) is 30.3 Å². The molecule has 0 aromatic heterocycles. The number of unbranched alkanes of at least 4 members (excludes halogenated alkanes) is 1. The lowest BCUT2D eigenvalue weighted by Gasteiger charge is -1.83.